The number of carbonyl (C=O) groups excluding carboxylic acids is 2. The van der Waals surface area contributed by atoms with Crippen molar-refractivity contribution in [2.75, 3.05) is 31.1 Å². The molecule has 148 valence electrons. The maximum atomic E-state index is 12.4. The van der Waals surface area contributed by atoms with E-state index < -0.39 is 0 Å². The molecular weight excluding hydrogens is 352 g/mol. The van der Waals surface area contributed by atoms with Crippen molar-refractivity contribution in [3.05, 3.63) is 60.3 Å². The molecule has 6 nitrogen and oxygen atoms in total. The zero-order valence-electron chi connectivity index (χ0n) is 16.4. The third-order valence-corrected chi connectivity index (χ3v) is 5.14. The predicted octanol–water partition coefficient (Wildman–Crippen LogP) is 2.20. The molecule has 1 saturated heterocycles. The fourth-order valence-electron chi connectivity index (χ4n) is 3.47. The molecule has 1 atom stereocenters. The van der Waals surface area contributed by atoms with Crippen molar-refractivity contribution in [1.29, 1.82) is 0 Å². The van der Waals surface area contributed by atoms with Gasteiger partial charge in [-0.2, -0.15) is 0 Å². The number of H-pyrrole nitrogens is 1. The summed E-state index contributed by atoms with van der Waals surface area (Å²) in [4.78, 5) is 32.0. The van der Waals surface area contributed by atoms with Crippen LogP contribution < -0.4 is 15.2 Å². The molecule has 0 unspecified atom stereocenters. The van der Waals surface area contributed by atoms with Gasteiger partial charge in [0.2, 0.25) is 11.8 Å². The summed E-state index contributed by atoms with van der Waals surface area (Å²) in [5.74, 6) is 1.22. The van der Waals surface area contributed by atoms with Crippen molar-refractivity contribution in [2.24, 2.45) is 0 Å². The number of amides is 2. The summed E-state index contributed by atoms with van der Waals surface area (Å²) in [5.41, 5.74) is 1.08. The summed E-state index contributed by atoms with van der Waals surface area (Å²) in [6, 6.07) is 15.9. The number of benzene rings is 1. The average molecular weight is 382 g/mol. The highest BCUT2D eigenvalue weighted by Crippen LogP contribution is 2.13. The second-order valence-corrected chi connectivity index (χ2v) is 7.17. The number of rotatable bonds is 7. The summed E-state index contributed by atoms with van der Waals surface area (Å²) < 4.78 is 0. The maximum absolute atomic E-state index is 12.4. The molecule has 2 amide bonds. The van der Waals surface area contributed by atoms with Gasteiger partial charge >= 0.3 is 0 Å². The second kappa shape index (κ2) is 9.88. The topological polar surface area (TPSA) is 66.8 Å². The van der Waals surface area contributed by atoms with Crippen LogP contribution in [0, 0.1) is 0 Å². The Bertz CT molecular complexity index is 759. The van der Waals surface area contributed by atoms with Crippen LogP contribution >= 0.6 is 0 Å². The van der Waals surface area contributed by atoms with Crippen LogP contribution in [0.2, 0.25) is 0 Å². The van der Waals surface area contributed by atoms with Gasteiger partial charge in [0.15, 0.2) is 0 Å². The Morgan fingerprint density at radius 1 is 1.00 bits per heavy atom. The van der Waals surface area contributed by atoms with Crippen LogP contribution in [0.4, 0.5) is 5.82 Å². The van der Waals surface area contributed by atoms with Gasteiger partial charge in [-0.05, 0) is 25.0 Å². The highest BCUT2D eigenvalue weighted by Gasteiger charge is 2.25. The summed E-state index contributed by atoms with van der Waals surface area (Å²) >= 11 is 0. The Kier molecular flexibility index (Phi) is 7.00. The Morgan fingerprint density at radius 3 is 2.39 bits per heavy atom. The Labute approximate surface area is 166 Å². The first-order valence-electron chi connectivity index (χ1n) is 9.97. The summed E-state index contributed by atoms with van der Waals surface area (Å²) in [5, 5.41) is 3.00. The van der Waals surface area contributed by atoms with E-state index in [1.165, 1.54) is 0 Å². The van der Waals surface area contributed by atoms with Gasteiger partial charge in [-0.1, -0.05) is 36.4 Å². The van der Waals surface area contributed by atoms with Crippen LogP contribution in [0.15, 0.2) is 54.7 Å². The average Bonchev–Trinajstić information content (AvgIpc) is 2.75. The minimum absolute atomic E-state index is 0.00594. The molecule has 6 heteroatoms. The maximum Gasteiger partial charge on any atom is 0.274 e. The van der Waals surface area contributed by atoms with E-state index in [0.717, 1.165) is 37.6 Å². The monoisotopic (exact) mass is 381 g/mol. The molecule has 0 spiro atoms. The van der Waals surface area contributed by atoms with Gasteiger partial charge in [-0.25, -0.2) is 4.98 Å². The number of hydrogen-bond acceptors (Lipinski definition) is 3. The lowest BCUT2D eigenvalue weighted by molar-refractivity contribution is -0.364. The largest absolute Gasteiger partial charge is 0.350 e. The standard InChI is InChI=1S/C22H28N4O2/c1-18(19-8-3-2-4-9-19)24-21(27)11-7-12-22(28)26-16-14-25(15-17-26)20-10-5-6-13-23-20/h2-6,8-10,13,18H,7,11-12,14-17H2,1H3,(H,24,27)/p+1/t18-/m1/s1. The van der Waals surface area contributed by atoms with Gasteiger partial charge in [0, 0.05) is 18.9 Å². The highest BCUT2D eigenvalue weighted by atomic mass is 16.2. The van der Waals surface area contributed by atoms with E-state index >= 15 is 0 Å². The molecule has 1 aliphatic heterocycles. The first-order chi connectivity index (χ1) is 13.6. The molecule has 0 saturated carbocycles. The quantitative estimate of drug-likeness (QED) is 0.800. The van der Waals surface area contributed by atoms with Crippen molar-refractivity contribution < 1.29 is 14.6 Å². The first-order valence-corrected chi connectivity index (χ1v) is 9.97. The van der Waals surface area contributed by atoms with E-state index in [1.54, 1.807) is 0 Å². The lowest BCUT2D eigenvalue weighted by Crippen LogP contribution is -2.50. The van der Waals surface area contributed by atoms with Crippen molar-refractivity contribution in [3.63, 3.8) is 0 Å². The van der Waals surface area contributed by atoms with Gasteiger partial charge in [0.05, 0.1) is 25.3 Å². The van der Waals surface area contributed by atoms with E-state index in [-0.39, 0.29) is 17.9 Å². The lowest BCUT2D eigenvalue weighted by Gasteiger charge is -2.31. The SMILES string of the molecule is C[C@@H](NC(=O)CCCC(=O)N1CCN(c2cccc[nH+]2)CC1)c1ccccc1. The molecular formula is C22H29N4O2+. The van der Waals surface area contributed by atoms with Gasteiger partial charge < -0.3 is 10.2 Å². The summed E-state index contributed by atoms with van der Waals surface area (Å²) in [7, 11) is 0. The fourth-order valence-corrected chi connectivity index (χ4v) is 3.47. The lowest BCUT2D eigenvalue weighted by atomic mass is 10.1. The minimum Gasteiger partial charge on any atom is -0.350 e. The molecule has 2 aromatic rings. The normalized spacial score (nSPS) is 15.2. The van der Waals surface area contributed by atoms with E-state index in [4.69, 9.17) is 0 Å². The molecule has 1 aromatic heterocycles. The van der Waals surface area contributed by atoms with E-state index in [0.29, 0.717) is 19.3 Å². The van der Waals surface area contributed by atoms with Crippen LogP contribution in [-0.4, -0.2) is 42.9 Å². The third kappa shape index (κ3) is 5.55. The Hall–Kier alpha value is -2.89. The molecule has 1 aromatic carbocycles. The molecule has 2 N–H and O–H groups in total. The van der Waals surface area contributed by atoms with Crippen molar-refractivity contribution in [2.45, 2.75) is 32.2 Å². The Balaban J connectivity index is 1.35. The molecule has 1 fully saturated rings. The van der Waals surface area contributed by atoms with Gasteiger partial charge in [-0.15, -0.1) is 0 Å². The zero-order valence-corrected chi connectivity index (χ0v) is 16.4. The molecule has 2 heterocycles. The van der Waals surface area contributed by atoms with E-state index in [9.17, 15) is 9.59 Å². The number of aromatic amines is 1. The number of hydrogen-bond donors (Lipinski definition) is 1. The predicted molar refractivity (Wildman–Crippen MR) is 109 cm³/mol. The molecule has 0 radical (unpaired) electrons. The summed E-state index contributed by atoms with van der Waals surface area (Å²) in [6.07, 6.45) is 3.29. The van der Waals surface area contributed by atoms with Crippen molar-refractivity contribution in [3.8, 4) is 0 Å². The fraction of sp³-hybridized carbons (Fsp3) is 0.409. The van der Waals surface area contributed by atoms with Crippen LogP contribution in [0.1, 0.15) is 37.8 Å². The van der Waals surface area contributed by atoms with Gasteiger partial charge in [-0.3, -0.25) is 14.5 Å². The number of aromatic nitrogens is 1. The zero-order chi connectivity index (χ0) is 19.8. The van der Waals surface area contributed by atoms with Crippen LogP contribution in [0.5, 0.6) is 0 Å². The van der Waals surface area contributed by atoms with E-state index in [2.05, 4.69) is 15.2 Å². The molecule has 0 aliphatic carbocycles. The summed E-state index contributed by atoms with van der Waals surface area (Å²) in [6.45, 7) is 5.06. The minimum atomic E-state index is -0.0210. The number of nitrogens with zero attached hydrogens (tertiary/aromatic N) is 2. The molecule has 3 rings (SSSR count). The molecule has 1 aliphatic rings. The van der Waals surface area contributed by atoms with Crippen LogP contribution in [-0.2, 0) is 9.59 Å². The van der Waals surface area contributed by atoms with Gasteiger partial charge in [0.1, 0.15) is 13.1 Å². The number of nitrogens with one attached hydrogen (secondary N) is 2. The van der Waals surface area contributed by atoms with Crippen molar-refractivity contribution >= 4 is 17.6 Å². The van der Waals surface area contributed by atoms with Crippen LogP contribution in [0.25, 0.3) is 0 Å². The van der Waals surface area contributed by atoms with Crippen LogP contribution in [0.3, 0.4) is 0 Å². The Morgan fingerprint density at radius 2 is 1.71 bits per heavy atom. The third-order valence-electron chi connectivity index (χ3n) is 5.14. The van der Waals surface area contributed by atoms with Gasteiger partial charge in [0.25, 0.3) is 5.82 Å². The number of piperazine rings is 1. The molecule has 0 bridgehead atoms. The highest BCUT2D eigenvalue weighted by molar-refractivity contribution is 5.79. The number of carbonyl (C=O) groups is 2. The smallest absolute Gasteiger partial charge is 0.274 e. The number of pyridine rings is 1. The molecule has 28 heavy (non-hydrogen) atoms. The van der Waals surface area contributed by atoms with E-state index in [1.807, 2.05) is 66.6 Å². The van der Waals surface area contributed by atoms with Crippen molar-refractivity contribution in [1.82, 2.24) is 10.2 Å². The number of anilines is 1. The first kappa shape index (κ1) is 19.9. The second-order valence-electron chi connectivity index (χ2n) is 7.17.